The summed E-state index contributed by atoms with van der Waals surface area (Å²) in [6.07, 6.45) is 1.66. The Balaban J connectivity index is 4.39. The number of aliphatic carboxylic acids is 1. The molecule has 3 unspecified atom stereocenters. The van der Waals surface area contributed by atoms with Crippen LogP contribution in [0.2, 0.25) is 0 Å². The summed E-state index contributed by atoms with van der Waals surface area (Å²) in [5, 5.41) is 12.3. The Kier molecular flexibility index (Phi) is 5.13. The van der Waals surface area contributed by atoms with Crippen molar-refractivity contribution in [3.05, 3.63) is 0 Å². The van der Waals surface area contributed by atoms with Gasteiger partial charge in [0.1, 0.15) is 5.54 Å². The highest BCUT2D eigenvalue weighted by atomic mass is 16.4. The molecule has 3 atom stereocenters. The Morgan fingerprint density at radius 3 is 2.21 bits per heavy atom. The van der Waals surface area contributed by atoms with E-state index in [4.69, 9.17) is 5.11 Å². The first kappa shape index (κ1) is 13.4. The van der Waals surface area contributed by atoms with Crippen LogP contribution < -0.4 is 5.32 Å². The predicted molar refractivity (Wildman–Crippen MR) is 58.4 cm³/mol. The number of hydrogen-bond acceptors (Lipinski definition) is 2. The Labute approximate surface area is 86.9 Å². The van der Waals surface area contributed by atoms with E-state index in [-0.39, 0.29) is 6.04 Å². The van der Waals surface area contributed by atoms with Crippen LogP contribution in [0.4, 0.5) is 0 Å². The van der Waals surface area contributed by atoms with Crippen molar-refractivity contribution >= 4 is 5.97 Å². The second-order valence-corrected chi connectivity index (χ2v) is 4.31. The summed E-state index contributed by atoms with van der Waals surface area (Å²) in [5.41, 5.74) is -0.789. The molecule has 2 N–H and O–H groups in total. The molecule has 0 bridgehead atoms. The number of nitrogens with one attached hydrogen (secondary N) is 1. The average molecular weight is 201 g/mol. The number of carbonyl (C=O) groups is 1. The van der Waals surface area contributed by atoms with Crippen LogP contribution in [0.5, 0.6) is 0 Å². The third-order valence-corrected chi connectivity index (χ3v) is 3.22. The summed E-state index contributed by atoms with van der Waals surface area (Å²) in [4.78, 5) is 11.0. The van der Waals surface area contributed by atoms with Crippen molar-refractivity contribution in [2.45, 2.75) is 59.0 Å². The van der Waals surface area contributed by atoms with Crippen LogP contribution in [0, 0.1) is 5.92 Å². The van der Waals surface area contributed by atoms with Crippen molar-refractivity contribution < 1.29 is 9.90 Å². The molecule has 0 aromatic carbocycles. The molecule has 84 valence electrons. The van der Waals surface area contributed by atoms with Crippen LogP contribution in [0.1, 0.15) is 47.5 Å². The largest absolute Gasteiger partial charge is 0.480 e. The zero-order chi connectivity index (χ0) is 11.4. The molecule has 0 aliphatic carbocycles. The summed E-state index contributed by atoms with van der Waals surface area (Å²) in [7, 11) is 0. The van der Waals surface area contributed by atoms with Gasteiger partial charge in [-0.2, -0.15) is 0 Å². The van der Waals surface area contributed by atoms with E-state index in [0.29, 0.717) is 12.3 Å². The molecule has 3 nitrogen and oxygen atoms in total. The fourth-order valence-electron chi connectivity index (χ4n) is 1.31. The van der Waals surface area contributed by atoms with Gasteiger partial charge in [-0.1, -0.05) is 27.2 Å². The molecular formula is C11H23NO2. The molecule has 0 spiro atoms. The fraction of sp³-hybridized carbons (Fsp3) is 0.909. The number of hydrogen-bond donors (Lipinski definition) is 2. The van der Waals surface area contributed by atoms with Crippen LogP contribution in [0.3, 0.4) is 0 Å². The molecule has 0 aliphatic rings. The van der Waals surface area contributed by atoms with Crippen molar-refractivity contribution in [1.82, 2.24) is 5.32 Å². The van der Waals surface area contributed by atoms with Gasteiger partial charge >= 0.3 is 5.97 Å². The second kappa shape index (κ2) is 5.35. The van der Waals surface area contributed by atoms with Gasteiger partial charge in [-0.05, 0) is 26.2 Å². The highest BCUT2D eigenvalue weighted by Gasteiger charge is 2.32. The molecule has 0 aromatic rings. The maximum atomic E-state index is 11.0. The Hall–Kier alpha value is -0.570. The molecular weight excluding hydrogens is 178 g/mol. The molecule has 0 aliphatic heterocycles. The van der Waals surface area contributed by atoms with Crippen LogP contribution in [-0.2, 0) is 4.79 Å². The van der Waals surface area contributed by atoms with Gasteiger partial charge in [0, 0.05) is 6.04 Å². The third kappa shape index (κ3) is 3.29. The molecule has 0 saturated heterocycles. The van der Waals surface area contributed by atoms with Gasteiger partial charge < -0.3 is 5.11 Å². The summed E-state index contributed by atoms with van der Waals surface area (Å²) in [6.45, 7) is 9.94. The van der Waals surface area contributed by atoms with Gasteiger partial charge in [-0.25, -0.2) is 0 Å². The van der Waals surface area contributed by atoms with Gasteiger partial charge in [0.05, 0.1) is 0 Å². The lowest BCUT2D eigenvalue weighted by Crippen LogP contribution is -2.54. The third-order valence-electron chi connectivity index (χ3n) is 3.22. The lowest BCUT2D eigenvalue weighted by Gasteiger charge is -2.31. The highest BCUT2D eigenvalue weighted by molar-refractivity contribution is 5.78. The molecule has 0 rings (SSSR count). The van der Waals surface area contributed by atoms with E-state index < -0.39 is 11.5 Å². The summed E-state index contributed by atoms with van der Waals surface area (Å²) < 4.78 is 0. The lowest BCUT2D eigenvalue weighted by atomic mass is 9.93. The van der Waals surface area contributed by atoms with Crippen molar-refractivity contribution in [3.63, 3.8) is 0 Å². The fourth-order valence-corrected chi connectivity index (χ4v) is 1.31. The molecule has 14 heavy (non-hydrogen) atoms. The van der Waals surface area contributed by atoms with Gasteiger partial charge in [0.25, 0.3) is 0 Å². The lowest BCUT2D eigenvalue weighted by molar-refractivity contribution is -0.144. The first-order valence-corrected chi connectivity index (χ1v) is 5.38. The number of rotatable bonds is 6. The maximum absolute atomic E-state index is 11.0. The van der Waals surface area contributed by atoms with E-state index in [1.807, 2.05) is 13.8 Å². The van der Waals surface area contributed by atoms with Crippen LogP contribution in [0.25, 0.3) is 0 Å². The monoisotopic (exact) mass is 201 g/mol. The molecule has 0 heterocycles. The van der Waals surface area contributed by atoms with Gasteiger partial charge in [-0.15, -0.1) is 0 Å². The minimum atomic E-state index is -0.789. The molecule has 0 radical (unpaired) electrons. The van der Waals surface area contributed by atoms with Gasteiger partial charge in [0.2, 0.25) is 0 Å². The van der Waals surface area contributed by atoms with E-state index in [1.165, 1.54) is 0 Å². The molecule has 0 saturated carbocycles. The highest BCUT2D eigenvalue weighted by Crippen LogP contribution is 2.15. The van der Waals surface area contributed by atoms with E-state index in [0.717, 1.165) is 6.42 Å². The molecule has 0 aromatic heterocycles. The minimum Gasteiger partial charge on any atom is -0.480 e. The van der Waals surface area contributed by atoms with E-state index in [2.05, 4.69) is 19.2 Å². The first-order chi connectivity index (χ1) is 6.37. The maximum Gasteiger partial charge on any atom is 0.323 e. The van der Waals surface area contributed by atoms with Gasteiger partial charge in [0.15, 0.2) is 0 Å². The summed E-state index contributed by atoms with van der Waals surface area (Å²) >= 11 is 0. The first-order valence-electron chi connectivity index (χ1n) is 5.38. The average Bonchev–Trinajstić information content (AvgIpc) is 2.15. The quantitative estimate of drug-likeness (QED) is 0.693. The van der Waals surface area contributed by atoms with Crippen molar-refractivity contribution in [1.29, 1.82) is 0 Å². The summed E-state index contributed by atoms with van der Waals surface area (Å²) in [6, 6.07) is 0.237. The standard InChI is InChI=1S/C11H23NO2/c1-6-8(3)9(4)12-11(5,7-2)10(13)14/h8-9,12H,6-7H2,1-5H3,(H,13,14). The topological polar surface area (TPSA) is 49.3 Å². The van der Waals surface area contributed by atoms with Gasteiger partial charge in [-0.3, -0.25) is 10.1 Å². The van der Waals surface area contributed by atoms with Crippen molar-refractivity contribution in [2.75, 3.05) is 0 Å². The minimum absolute atomic E-state index is 0.237. The number of carboxylic acids is 1. The van der Waals surface area contributed by atoms with Crippen molar-refractivity contribution in [2.24, 2.45) is 5.92 Å². The van der Waals surface area contributed by atoms with Crippen LogP contribution >= 0.6 is 0 Å². The van der Waals surface area contributed by atoms with E-state index in [9.17, 15) is 4.79 Å². The molecule has 3 heteroatoms. The Morgan fingerprint density at radius 1 is 1.43 bits per heavy atom. The Morgan fingerprint density at radius 2 is 1.93 bits per heavy atom. The smallest absolute Gasteiger partial charge is 0.323 e. The number of carboxylic acid groups (broad SMARTS) is 1. The van der Waals surface area contributed by atoms with E-state index >= 15 is 0 Å². The van der Waals surface area contributed by atoms with E-state index in [1.54, 1.807) is 6.92 Å². The predicted octanol–water partition coefficient (Wildman–Crippen LogP) is 2.26. The SMILES string of the molecule is CCC(C)C(C)NC(C)(CC)C(=O)O. The second-order valence-electron chi connectivity index (χ2n) is 4.31. The normalized spacial score (nSPS) is 19.8. The molecule has 0 fully saturated rings. The summed E-state index contributed by atoms with van der Waals surface area (Å²) in [5.74, 6) is -0.268. The van der Waals surface area contributed by atoms with Crippen molar-refractivity contribution in [3.8, 4) is 0 Å². The zero-order valence-electron chi connectivity index (χ0n) is 9.92. The Bertz CT molecular complexity index is 194. The van der Waals surface area contributed by atoms with Crippen LogP contribution in [-0.4, -0.2) is 22.7 Å². The molecule has 0 amide bonds. The van der Waals surface area contributed by atoms with Crippen LogP contribution in [0.15, 0.2) is 0 Å². The zero-order valence-corrected chi connectivity index (χ0v) is 9.92.